The number of hydrogen-bond donors (Lipinski definition) is 0. The van der Waals surface area contributed by atoms with Crippen LogP contribution in [0.2, 0.25) is 0 Å². The molecule has 1 saturated heterocycles. The van der Waals surface area contributed by atoms with Gasteiger partial charge in [0.2, 0.25) is 0 Å². The Labute approximate surface area is 200 Å². The third-order valence-corrected chi connectivity index (χ3v) is 6.89. The summed E-state index contributed by atoms with van der Waals surface area (Å²) in [4.78, 5) is 32.9. The fourth-order valence-electron chi connectivity index (χ4n) is 4.79. The van der Waals surface area contributed by atoms with Gasteiger partial charge in [0, 0.05) is 31.9 Å². The monoisotopic (exact) mass is 455 g/mol. The first-order chi connectivity index (χ1) is 16.4. The number of carbonyl (C=O) groups excluding carboxylic acids is 2. The van der Waals surface area contributed by atoms with E-state index in [1.165, 1.54) is 21.7 Å². The molecule has 0 spiro atoms. The number of aryl methyl sites for hydroxylation is 2. The van der Waals surface area contributed by atoms with E-state index in [4.69, 9.17) is 4.42 Å². The Morgan fingerprint density at radius 3 is 2.18 bits per heavy atom. The van der Waals surface area contributed by atoms with Crippen molar-refractivity contribution in [2.24, 2.45) is 0 Å². The number of amides is 2. The van der Waals surface area contributed by atoms with Crippen molar-refractivity contribution < 1.29 is 14.0 Å². The van der Waals surface area contributed by atoms with Gasteiger partial charge in [-0.25, -0.2) is 0 Å². The molecule has 34 heavy (non-hydrogen) atoms. The highest BCUT2D eigenvalue weighted by atomic mass is 16.3. The lowest BCUT2D eigenvalue weighted by Gasteiger charge is -2.38. The minimum absolute atomic E-state index is 0.131. The van der Waals surface area contributed by atoms with Crippen molar-refractivity contribution in [3.63, 3.8) is 0 Å². The van der Waals surface area contributed by atoms with Crippen LogP contribution in [0.4, 0.5) is 5.69 Å². The summed E-state index contributed by atoms with van der Waals surface area (Å²) < 4.78 is 5.43. The lowest BCUT2D eigenvalue weighted by Crippen LogP contribution is -2.47. The summed E-state index contributed by atoms with van der Waals surface area (Å²) in [7, 11) is 0. The highest BCUT2D eigenvalue weighted by molar-refractivity contribution is 6.35. The van der Waals surface area contributed by atoms with Gasteiger partial charge in [-0.3, -0.25) is 14.5 Å². The van der Waals surface area contributed by atoms with Crippen molar-refractivity contribution in [1.82, 2.24) is 9.80 Å². The van der Waals surface area contributed by atoms with Crippen molar-refractivity contribution in [2.45, 2.75) is 27.3 Å². The summed E-state index contributed by atoms with van der Waals surface area (Å²) >= 11 is 0. The van der Waals surface area contributed by atoms with Crippen LogP contribution in [0, 0.1) is 20.8 Å². The maximum atomic E-state index is 13.6. The van der Waals surface area contributed by atoms with E-state index in [-0.39, 0.29) is 18.4 Å². The number of carbonyl (C=O) groups is 2. The van der Waals surface area contributed by atoms with Crippen LogP contribution in [-0.2, 0) is 16.1 Å². The van der Waals surface area contributed by atoms with Crippen LogP contribution >= 0.6 is 0 Å². The number of nitrogens with zero attached hydrogens (tertiary/aromatic N) is 3. The molecular formula is C28H29N3O3. The Balaban J connectivity index is 1.45. The molecule has 0 radical (unpaired) electrons. The van der Waals surface area contributed by atoms with Crippen molar-refractivity contribution in [1.29, 1.82) is 0 Å². The average molecular weight is 456 g/mol. The van der Waals surface area contributed by atoms with E-state index in [0.29, 0.717) is 30.1 Å². The summed E-state index contributed by atoms with van der Waals surface area (Å²) in [5, 5.41) is 0. The third kappa shape index (κ3) is 3.89. The fraction of sp³-hybridized carbons (Fsp3) is 0.286. The Bertz CT molecular complexity index is 1250. The first-order valence-corrected chi connectivity index (χ1v) is 11.7. The van der Waals surface area contributed by atoms with Crippen molar-refractivity contribution in [3.05, 3.63) is 94.6 Å². The minimum Gasteiger partial charge on any atom is -0.467 e. The lowest BCUT2D eigenvalue weighted by atomic mass is 10.0. The van der Waals surface area contributed by atoms with Crippen LogP contribution in [0.1, 0.15) is 28.0 Å². The average Bonchev–Trinajstić information content (AvgIpc) is 3.44. The number of anilines is 1. The number of benzene rings is 2. The summed E-state index contributed by atoms with van der Waals surface area (Å²) in [6, 6.07) is 17.7. The van der Waals surface area contributed by atoms with Gasteiger partial charge in [0.15, 0.2) is 0 Å². The van der Waals surface area contributed by atoms with Crippen LogP contribution in [-0.4, -0.2) is 47.8 Å². The van der Waals surface area contributed by atoms with E-state index >= 15 is 0 Å². The summed E-state index contributed by atoms with van der Waals surface area (Å²) in [6.07, 6.45) is 1.56. The molecule has 3 heterocycles. The normalized spacial score (nSPS) is 16.7. The SMILES string of the molecule is Cc1ccc(C2=C(N3CCN(c4cccc(C)c4C)CC3)C(=O)N(Cc3ccco3)C2=O)cc1. The van der Waals surface area contributed by atoms with Gasteiger partial charge in [0.05, 0.1) is 18.4 Å². The second-order valence-corrected chi connectivity index (χ2v) is 9.06. The first-order valence-electron chi connectivity index (χ1n) is 11.7. The molecular weight excluding hydrogens is 426 g/mol. The van der Waals surface area contributed by atoms with Gasteiger partial charge >= 0.3 is 0 Å². The molecule has 2 aromatic carbocycles. The van der Waals surface area contributed by atoms with E-state index in [9.17, 15) is 9.59 Å². The van der Waals surface area contributed by atoms with E-state index in [2.05, 4.69) is 41.8 Å². The van der Waals surface area contributed by atoms with Gasteiger partial charge in [-0.05, 0) is 55.7 Å². The molecule has 1 fully saturated rings. The molecule has 6 heteroatoms. The Morgan fingerprint density at radius 1 is 0.794 bits per heavy atom. The maximum absolute atomic E-state index is 13.6. The standard InChI is InChI=1S/C28H29N3O3/c1-19-9-11-22(12-10-19)25-26(28(33)31(27(25)32)18-23-7-5-17-34-23)30-15-13-29(14-16-30)24-8-4-6-20(2)21(24)3/h4-12,17H,13-16,18H2,1-3H3. The second kappa shape index (κ2) is 8.86. The molecule has 2 aliphatic heterocycles. The van der Waals surface area contributed by atoms with Gasteiger partial charge in [-0.15, -0.1) is 0 Å². The molecule has 3 aromatic rings. The van der Waals surface area contributed by atoms with Gasteiger partial charge in [0.1, 0.15) is 11.5 Å². The Kier molecular flexibility index (Phi) is 5.74. The molecule has 0 aliphatic carbocycles. The molecule has 174 valence electrons. The number of hydrogen-bond acceptors (Lipinski definition) is 5. The zero-order chi connectivity index (χ0) is 23.8. The number of rotatable bonds is 5. The molecule has 2 aliphatic rings. The van der Waals surface area contributed by atoms with Gasteiger partial charge < -0.3 is 14.2 Å². The topological polar surface area (TPSA) is 57.0 Å². The van der Waals surface area contributed by atoms with Gasteiger partial charge in [-0.1, -0.05) is 42.0 Å². The lowest BCUT2D eigenvalue weighted by molar-refractivity contribution is -0.138. The predicted octanol–water partition coefficient (Wildman–Crippen LogP) is 4.31. The Hall–Kier alpha value is -3.80. The van der Waals surface area contributed by atoms with Crippen LogP contribution in [0.15, 0.2) is 71.0 Å². The molecule has 1 aromatic heterocycles. The van der Waals surface area contributed by atoms with Crippen LogP contribution < -0.4 is 4.90 Å². The first kappa shape index (κ1) is 22.0. The van der Waals surface area contributed by atoms with E-state index in [0.717, 1.165) is 24.2 Å². The fourth-order valence-corrected chi connectivity index (χ4v) is 4.79. The molecule has 0 atom stereocenters. The predicted molar refractivity (Wildman–Crippen MR) is 132 cm³/mol. The smallest absolute Gasteiger partial charge is 0.278 e. The third-order valence-electron chi connectivity index (χ3n) is 6.89. The molecule has 2 amide bonds. The van der Waals surface area contributed by atoms with E-state index < -0.39 is 0 Å². The summed E-state index contributed by atoms with van der Waals surface area (Å²) in [6.45, 7) is 9.34. The van der Waals surface area contributed by atoms with Crippen molar-refractivity contribution in [3.8, 4) is 0 Å². The van der Waals surface area contributed by atoms with E-state index in [1.807, 2.05) is 31.2 Å². The summed E-state index contributed by atoms with van der Waals surface area (Å²) in [5.41, 5.74) is 6.66. The van der Waals surface area contributed by atoms with Crippen LogP contribution in [0.25, 0.3) is 5.57 Å². The minimum atomic E-state index is -0.266. The molecule has 0 saturated carbocycles. The molecule has 0 bridgehead atoms. The molecule has 0 unspecified atom stereocenters. The zero-order valence-corrected chi connectivity index (χ0v) is 19.9. The van der Waals surface area contributed by atoms with Crippen LogP contribution in [0.5, 0.6) is 0 Å². The molecule has 5 rings (SSSR count). The largest absolute Gasteiger partial charge is 0.467 e. The van der Waals surface area contributed by atoms with Crippen molar-refractivity contribution in [2.75, 3.05) is 31.1 Å². The zero-order valence-electron chi connectivity index (χ0n) is 19.9. The van der Waals surface area contributed by atoms with Gasteiger partial charge in [-0.2, -0.15) is 0 Å². The quantitative estimate of drug-likeness (QED) is 0.537. The Morgan fingerprint density at radius 2 is 1.50 bits per heavy atom. The second-order valence-electron chi connectivity index (χ2n) is 9.06. The highest BCUT2D eigenvalue weighted by Gasteiger charge is 2.42. The molecule has 0 N–H and O–H groups in total. The highest BCUT2D eigenvalue weighted by Crippen LogP contribution is 2.34. The molecule has 6 nitrogen and oxygen atoms in total. The number of piperazine rings is 1. The maximum Gasteiger partial charge on any atom is 0.278 e. The van der Waals surface area contributed by atoms with E-state index in [1.54, 1.807) is 18.4 Å². The van der Waals surface area contributed by atoms with Gasteiger partial charge in [0.25, 0.3) is 11.8 Å². The number of imide groups is 1. The van der Waals surface area contributed by atoms with Crippen LogP contribution in [0.3, 0.4) is 0 Å². The summed E-state index contributed by atoms with van der Waals surface area (Å²) in [5.74, 6) is 0.0697. The number of furan rings is 1. The van der Waals surface area contributed by atoms with Crippen molar-refractivity contribution >= 4 is 23.1 Å².